The van der Waals surface area contributed by atoms with Crippen LogP contribution >= 0.6 is 0 Å². The van der Waals surface area contributed by atoms with E-state index in [1.807, 2.05) is 7.05 Å². The van der Waals surface area contributed by atoms with Gasteiger partial charge in [0.25, 0.3) is 0 Å². The number of ether oxygens (including phenoxy) is 1. The highest BCUT2D eigenvalue weighted by molar-refractivity contribution is 5.29. The zero-order valence-electron chi connectivity index (χ0n) is 13.4. The second kappa shape index (κ2) is 7.24. The Morgan fingerprint density at radius 1 is 1.20 bits per heavy atom. The Kier molecular flexibility index (Phi) is 5.62. The molecule has 1 N–H and O–H groups in total. The average Bonchev–Trinajstić information content (AvgIpc) is 2.38. The predicted molar refractivity (Wildman–Crippen MR) is 85.1 cm³/mol. The molecule has 1 aliphatic rings. The molecule has 1 saturated carbocycles. The number of rotatable bonds is 7. The van der Waals surface area contributed by atoms with Crippen LogP contribution in [0, 0.1) is 5.92 Å². The van der Waals surface area contributed by atoms with Crippen LogP contribution in [0.1, 0.15) is 63.1 Å². The van der Waals surface area contributed by atoms with E-state index < -0.39 is 0 Å². The summed E-state index contributed by atoms with van der Waals surface area (Å²) < 4.78 is 5.96. The van der Waals surface area contributed by atoms with Gasteiger partial charge in [-0.1, -0.05) is 44.5 Å². The third-order valence-corrected chi connectivity index (χ3v) is 4.53. The lowest BCUT2D eigenvalue weighted by atomic mass is 9.79. The van der Waals surface area contributed by atoms with E-state index in [1.54, 1.807) is 0 Å². The Hall–Kier alpha value is -0.860. The first-order chi connectivity index (χ1) is 9.67. The van der Waals surface area contributed by atoms with Gasteiger partial charge in [0.05, 0.1) is 12.1 Å². The molecule has 1 aromatic carbocycles. The zero-order chi connectivity index (χ0) is 14.5. The first-order valence-electron chi connectivity index (χ1n) is 8.06. The van der Waals surface area contributed by atoms with Crippen molar-refractivity contribution in [1.82, 2.24) is 5.32 Å². The molecule has 20 heavy (non-hydrogen) atoms. The summed E-state index contributed by atoms with van der Waals surface area (Å²) in [5.41, 5.74) is 2.84. The summed E-state index contributed by atoms with van der Waals surface area (Å²) >= 11 is 0. The molecule has 2 atom stereocenters. The van der Waals surface area contributed by atoms with E-state index in [2.05, 4.69) is 50.4 Å². The topological polar surface area (TPSA) is 21.3 Å². The first-order valence-corrected chi connectivity index (χ1v) is 8.06. The normalized spacial score (nSPS) is 18.9. The molecule has 0 radical (unpaired) electrons. The van der Waals surface area contributed by atoms with Crippen LogP contribution in [-0.2, 0) is 4.74 Å². The molecule has 0 heterocycles. The standard InChI is InChI=1S/C18H29NO/c1-5-20-18(13(2)3)17(19-4)16-11-9-15(10-12-16)14-7-6-8-14/h9-14,17-19H,5-8H2,1-4H3. The minimum absolute atomic E-state index is 0.222. The Labute approximate surface area is 123 Å². The molecule has 0 saturated heterocycles. The van der Waals surface area contributed by atoms with Gasteiger partial charge < -0.3 is 10.1 Å². The van der Waals surface area contributed by atoms with Crippen molar-refractivity contribution in [2.45, 2.75) is 58.1 Å². The fourth-order valence-corrected chi connectivity index (χ4v) is 3.10. The van der Waals surface area contributed by atoms with Gasteiger partial charge >= 0.3 is 0 Å². The van der Waals surface area contributed by atoms with Crippen molar-refractivity contribution >= 4 is 0 Å². The summed E-state index contributed by atoms with van der Waals surface area (Å²) in [5.74, 6) is 1.31. The van der Waals surface area contributed by atoms with E-state index in [0.717, 1.165) is 12.5 Å². The molecule has 0 aromatic heterocycles. The molecule has 1 aromatic rings. The molecule has 2 heteroatoms. The SMILES string of the molecule is CCOC(C(C)C)C(NC)c1ccc(C2CCC2)cc1. The van der Waals surface area contributed by atoms with Crippen molar-refractivity contribution in [2.75, 3.05) is 13.7 Å². The molecule has 2 unspecified atom stereocenters. The van der Waals surface area contributed by atoms with Crippen LogP contribution in [0.4, 0.5) is 0 Å². The zero-order valence-corrected chi connectivity index (χ0v) is 13.4. The molecular formula is C18H29NO. The van der Waals surface area contributed by atoms with Crippen LogP contribution in [-0.4, -0.2) is 19.8 Å². The Bertz CT molecular complexity index is 394. The van der Waals surface area contributed by atoms with Gasteiger partial charge in [-0.2, -0.15) is 0 Å². The average molecular weight is 275 g/mol. The molecule has 1 aliphatic carbocycles. The van der Waals surface area contributed by atoms with Crippen molar-refractivity contribution in [3.05, 3.63) is 35.4 Å². The lowest BCUT2D eigenvalue weighted by molar-refractivity contribution is 0.00460. The summed E-state index contributed by atoms with van der Waals surface area (Å²) in [6, 6.07) is 9.46. The highest BCUT2D eigenvalue weighted by atomic mass is 16.5. The summed E-state index contributed by atoms with van der Waals surface area (Å²) in [6.45, 7) is 7.30. The van der Waals surface area contributed by atoms with Crippen molar-refractivity contribution in [1.29, 1.82) is 0 Å². The van der Waals surface area contributed by atoms with Crippen LogP contribution in [0.2, 0.25) is 0 Å². The van der Waals surface area contributed by atoms with Crippen molar-refractivity contribution in [2.24, 2.45) is 5.92 Å². The van der Waals surface area contributed by atoms with E-state index in [4.69, 9.17) is 4.74 Å². The molecule has 2 rings (SSSR count). The molecular weight excluding hydrogens is 246 g/mol. The fourth-order valence-electron chi connectivity index (χ4n) is 3.10. The van der Waals surface area contributed by atoms with Gasteiger partial charge in [0.15, 0.2) is 0 Å². The van der Waals surface area contributed by atoms with Gasteiger partial charge in [0, 0.05) is 6.61 Å². The summed E-state index contributed by atoms with van der Waals surface area (Å²) in [4.78, 5) is 0. The van der Waals surface area contributed by atoms with E-state index in [9.17, 15) is 0 Å². The maximum Gasteiger partial charge on any atom is 0.0792 e. The van der Waals surface area contributed by atoms with E-state index in [-0.39, 0.29) is 12.1 Å². The number of hydrogen-bond acceptors (Lipinski definition) is 2. The third-order valence-electron chi connectivity index (χ3n) is 4.53. The maximum atomic E-state index is 5.96. The van der Waals surface area contributed by atoms with E-state index in [1.165, 1.54) is 30.4 Å². The van der Waals surface area contributed by atoms with Crippen molar-refractivity contribution in [3.63, 3.8) is 0 Å². The van der Waals surface area contributed by atoms with Gasteiger partial charge in [-0.25, -0.2) is 0 Å². The number of likely N-dealkylation sites (N-methyl/N-ethyl adjacent to an activating group) is 1. The van der Waals surface area contributed by atoms with Gasteiger partial charge in [-0.3, -0.25) is 0 Å². The highest BCUT2D eigenvalue weighted by Gasteiger charge is 2.26. The van der Waals surface area contributed by atoms with Gasteiger partial charge in [-0.05, 0) is 49.8 Å². The Balaban J connectivity index is 2.12. The molecule has 0 bridgehead atoms. The molecule has 0 amide bonds. The highest BCUT2D eigenvalue weighted by Crippen LogP contribution is 2.36. The maximum absolute atomic E-state index is 5.96. The molecule has 1 fully saturated rings. The van der Waals surface area contributed by atoms with Crippen LogP contribution < -0.4 is 5.32 Å². The van der Waals surface area contributed by atoms with Crippen molar-refractivity contribution in [3.8, 4) is 0 Å². The van der Waals surface area contributed by atoms with E-state index >= 15 is 0 Å². The Morgan fingerprint density at radius 2 is 1.85 bits per heavy atom. The number of benzene rings is 1. The lowest BCUT2D eigenvalue weighted by Crippen LogP contribution is -2.35. The molecule has 0 aliphatic heterocycles. The molecule has 112 valence electrons. The van der Waals surface area contributed by atoms with Crippen molar-refractivity contribution < 1.29 is 4.74 Å². The second-order valence-corrected chi connectivity index (χ2v) is 6.22. The minimum Gasteiger partial charge on any atom is -0.376 e. The van der Waals surface area contributed by atoms with Crippen LogP contribution in [0.25, 0.3) is 0 Å². The largest absolute Gasteiger partial charge is 0.376 e. The summed E-state index contributed by atoms with van der Waals surface area (Å²) in [5, 5.41) is 3.44. The van der Waals surface area contributed by atoms with Crippen LogP contribution in [0.15, 0.2) is 24.3 Å². The van der Waals surface area contributed by atoms with Crippen LogP contribution in [0.5, 0.6) is 0 Å². The smallest absolute Gasteiger partial charge is 0.0792 e. The third kappa shape index (κ3) is 3.42. The fraction of sp³-hybridized carbons (Fsp3) is 0.667. The van der Waals surface area contributed by atoms with Gasteiger partial charge in [-0.15, -0.1) is 0 Å². The summed E-state index contributed by atoms with van der Waals surface area (Å²) in [6.07, 6.45) is 4.34. The number of hydrogen-bond donors (Lipinski definition) is 1. The first kappa shape index (κ1) is 15.5. The Morgan fingerprint density at radius 3 is 2.25 bits per heavy atom. The quantitative estimate of drug-likeness (QED) is 0.802. The van der Waals surface area contributed by atoms with E-state index in [0.29, 0.717) is 5.92 Å². The lowest BCUT2D eigenvalue weighted by Gasteiger charge is -2.31. The summed E-state index contributed by atoms with van der Waals surface area (Å²) in [7, 11) is 2.03. The second-order valence-electron chi connectivity index (χ2n) is 6.22. The number of nitrogens with one attached hydrogen (secondary N) is 1. The predicted octanol–water partition coefficient (Wildman–Crippen LogP) is 4.28. The molecule has 2 nitrogen and oxygen atoms in total. The monoisotopic (exact) mass is 275 g/mol. The van der Waals surface area contributed by atoms with Gasteiger partial charge in [0.2, 0.25) is 0 Å². The molecule has 0 spiro atoms. The van der Waals surface area contributed by atoms with Gasteiger partial charge in [0.1, 0.15) is 0 Å². The van der Waals surface area contributed by atoms with Crippen LogP contribution in [0.3, 0.4) is 0 Å². The minimum atomic E-state index is 0.222.